The van der Waals surface area contributed by atoms with Gasteiger partial charge in [0.1, 0.15) is 11.5 Å². The number of hydrazone groups is 1. The fourth-order valence-corrected chi connectivity index (χ4v) is 3.31. The molecule has 3 aromatic rings. The molecular weight excluding hydrogens is 534 g/mol. The Balaban J connectivity index is 1.66. The number of hydrogen-bond donors (Lipinski definition) is 1. The fourth-order valence-electron chi connectivity index (χ4n) is 2.93. The molecule has 0 spiro atoms. The van der Waals surface area contributed by atoms with Crippen molar-refractivity contribution in [1.29, 1.82) is 0 Å². The van der Waals surface area contributed by atoms with Gasteiger partial charge in [0, 0.05) is 16.1 Å². The van der Waals surface area contributed by atoms with E-state index in [2.05, 4.69) is 26.5 Å². The van der Waals surface area contributed by atoms with E-state index in [1.807, 2.05) is 6.92 Å². The molecule has 0 aliphatic rings. The molecule has 36 heavy (non-hydrogen) atoms. The van der Waals surface area contributed by atoms with Crippen LogP contribution in [0.5, 0.6) is 17.2 Å². The quantitative estimate of drug-likeness (QED) is 0.124. The van der Waals surface area contributed by atoms with Gasteiger partial charge in [-0.05, 0) is 62.4 Å². The SMILES string of the molecule is CCOc1ccc(C(=O)Oc2ccc(Br)cc2C=NNC(=O)C(C)Oc2ccccc2[N+](=O)[O-])cc1. The summed E-state index contributed by atoms with van der Waals surface area (Å²) in [4.78, 5) is 35.5. The minimum atomic E-state index is -1.07. The van der Waals surface area contributed by atoms with Crippen molar-refractivity contribution in [2.75, 3.05) is 6.61 Å². The number of esters is 1. The number of carbonyl (C=O) groups excluding carboxylic acids is 2. The highest BCUT2D eigenvalue weighted by Crippen LogP contribution is 2.27. The maximum Gasteiger partial charge on any atom is 0.343 e. The van der Waals surface area contributed by atoms with E-state index in [0.717, 1.165) is 0 Å². The molecule has 0 bridgehead atoms. The van der Waals surface area contributed by atoms with Gasteiger partial charge >= 0.3 is 11.7 Å². The number of carbonyl (C=O) groups is 2. The molecule has 1 atom stereocenters. The zero-order chi connectivity index (χ0) is 26.1. The molecule has 0 fully saturated rings. The van der Waals surface area contributed by atoms with Crippen molar-refractivity contribution in [3.8, 4) is 17.2 Å². The summed E-state index contributed by atoms with van der Waals surface area (Å²) in [6.07, 6.45) is 0.240. The van der Waals surface area contributed by atoms with Crippen LogP contribution in [0.2, 0.25) is 0 Å². The Labute approximate surface area is 215 Å². The first kappa shape index (κ1) is 26.4. The van der Waals surface area contributed by atoms with Crippen LogP contribution in [0, 0.1) is 10.1 Å². The van der Waals surface area contributed by atoms with Gasteiger partial charge in [-0.25, -0.2) is 10.2 Å². The molecule has 0 saturated carbocycles. The minimum absolute atomic E-state index is 0.0374. The molecule has 0 aliphatic carbocycles. The van der Waals surface area contributed by atoms with E-state index in [9.17, 15) is 19.7 Å². The lowest BCUT2D eigenvalue weighted by atomic mass is 10.2. The van der Waals surface area contributed by atoms with Crippen molar-refractivity contribution in [3.05, 3.63) is 92.4 Å². The van der Waals surface area contributed by atoms with Gasteiger partial charge in [0.05, 0.1) is 23.3 Å². The van der Waals surface area contributed by atoms with Crippen LogP contribution >= 0.6 is 15.9 Å². The lowest BCUT2D eigenvalue weighted by Crippen LogP contribution is -2.33. The first-order valence-electron chi connectivity index (χ1n) is 10.8. The number of nitro benzene ring substituents is 1. The standard InChI is InChI=1S/C25H22BrN3O7/c1-3-34-20-11-8-17(9-12-20)25(31)36-22-13-10-19(26)14-18(22)15-27-28-24(30)16(2)35-23-7-5-4-6-21(23)29(32)33/h4-16H,3H2,1-2H3,(H,28,30). The number of rotatable bonds is 10. The molecule has 0 aliphatic heterocycles. The molecule has 1 unspecified atom stereocenters. The molecule has 0 radical (unpaired) electrons. The second kappa shape index (κ2) is 12.5. The predicted molar refractivity (Wildman–Crippen MR) is 136 cm³/mol. The number of benzene rings is 3. The van der Waals surface area contributed by atoms with Gasteiger partial charge in [-0.1, -0.05) is 28.1 Å². The first-order valence-corrected chi connectivity index (χ1v) is 11.6. The van der Waals surface area contributed by atoms with E-state index in [1.54, 1.807) is 48.5 Å². The van der Waals surface area contributed by atoms with E-state index in [1.165, 1.54) is 31.3 Å². The van der Waals surface area contributed by atoms with E-state index in [0.29, 0.717) is 28.0 Å². The molecule has 0 aromatic heterocycles. The molecule has 0 heterocycles. The average molecular weight is 556 g/mol. The van der Waals surface area contributed by atoms with Crippen LogP contribution in [-0.2, 0) is 4.79 Å². The third-order valence-corrected chi connectivity index (χ3v) is 5.18. The van der Waals surface area contributed by atoms with E-state index in [4.69, 9.17) is 14.2 Å². The number of para-hydroxylation sites is 2. The van der Waals surface area contributed by atoms with Crippen molar-refractivity contribution < 1.29 is 28.7 Å². The van der Waals surface area contributed by atoms with Crippen LogP contribution in [0.3, 0.4) is 0 Å². The Bertz CT molecular complexity index is 1280. The fraction of sp³-hybridized carbons (Fsp3) is 0.160. The van der Waals surface area contributed by atoms with Crippen LogP contribution in [0.4, 0.5) is 5.69 Å². The third-order valence-electron chi connectivity index (χ3n) is 4.69. The molecule has 1 amide bonds. The van der Waals surface area contributed by atoms with Gasteiger partial charge in [-0.3, -0.25) is 14.9 Å². The predicted octanol–water partition coefficient (Wildman–Crippen LogP) is 4.89. The summed E-state index contributed by atoms with van der Waals surface area (Å²) in [5.74, 6) is -0.386. The van der Waals surface area contributed by atoms with E-state index < -0.39 is 22.9 Å². The van der Waals surface area contributed by atoms with Crippen LogP contribution in [0.25, 0.3) is 0 Å². The van der Waals surface area contributed by atoms with Gasteiger partial charge in [-0.2, -0.15) is 5.10 Å². The summed E-state index contributed by atoms with van der Waals surface area (Å²) in [5, 5.41) is 15.0. The zero-order valence-corrected chi connectivity index (χ0v) is 20.9. The molecule has 186 valence electrons. The zero-order valence-electron chi connectivity index (χ0n) is 19.3. The Kier molecular flexibility index (Phi) is 9.12. The van der Waals surface area contributed by atoms with Crippen molar-refractivity contribution in [3.63, 3.8) is 0 Å². The third kappa shape index (κ3) is 7.12. The van der Waals surface area contributed by atoms with Crippen LogP contribution < -0.4 is 19.6 Å². The number of halogens is 1. The lowest BCUT2D eigenvalue weighted by molar-refractivity contribution is -0.386. The highest BCUT2D eigenvalue weighted by molar-refractivity contribution is 9.10. The highest BCUT2D eigenvalue weighted by atomic mass is 79.9. The summed E-state index contributed by atoms with van der Waals surface area (Å²) in [5.41, 5.74) is 2.81. The van der Waals surface area contributed by atoms with Crippen LogP contribution in [0.15, 0.2) is 76.3 Å². The minimum Gasteiger partial charge on any atom is -0.494 e. The number of hydrogen-bond acceptors (Lipinski definition) is 8. The van der Waals surface area contributed by atoms with Crippen molar-refractivity contribution in [2.24, 2.45) is 5.10 Å². The molecule has 0 saturated heterocycles. The molecule has 11 heteroatoms. The second-order valence-electron chi connectivity index (χ2n) is 7.25. The van der Waals surface area contributed by atoms with Crippen molar-refractivity contribution in [2.45, 2.75) is 20.0 Å². The maximum atomic E-state index is 12.6. The topological polar surface area (TPSA) is 129 Å². The van der Waals surface area contributed by atoms with E-state index >= 15 is 0 Å². The summed E-state index contributed by atoms with van der Waals surface area (Å²) in [7, 11) is 0. The Morgan fingerprint density at radius 1 is 1.11 bits per heavy atom. The highest BCUT2D eigenvalue weighted by Gasteiger charge is 2.20. The number of nitrogens with one attached hydrogen (secondary N) is 1. The Hall–Kier alpha value is -4.25. The van der Waals surface area contributed by atoms with Gasteiger partial charge in [-0.15, -0.1) is 0 Å². The smallest absolute Gasteiger partial charge is 0.343 e. The first-order chi connectivity index (χ1) is 17.3. The van der Waals surface area contributed by atoms with Crippen LogP contribution in [0.1, 0.15) is 29.8 Å². The second-order valence-corrected chi connectivity index (χ2v) is 8.16. The Morgan fingerprint density at radius 2 is 1.83 bits per heavy atom. The summed E-state index contributed by atoms with van der Waals surface area (Å²) < 4.78 is 17.0. The largest absolute Gasteiger partial charge is 0.494 e. The summed E-state index contributed by atoms with van der Waals surface area (Å²) >= 11 is 3.35. The van der Waals surface area contributed by atoms with Gasteiger partial charge in [0.15, 0.2) is 11.9 Å². The van der Waals surface area contributed by atoms with E-state index in [-0.39, 0.29) is 17.2 Å². The molecule has 1 N–H and O–H groups in total. The van der Waals surface area contributed by atoms with Crippen molar-refractivity contribution >= 4 is 39.7 Å². The molecule has 3 rings (SSSR count). The normalized spacial score (nSPS) is 11.5. The van der Waals surface area contributed by atoms with Gasteiger partial charge in [0.2, 0.25) is 0 Å². The lowest BCUT2D eigenvalue weighted by Gasteiger charge is -2.13. The number of nitrogens with zero attached hydrogens (tertiary/aromatic N) is 2. The van der Waals surface area contributed by atoms with Crippen molar-refractivity contribution in [1.82, 2.24) is 5.43 Å². The monoisotopic (exact) mass is 555 g/mol. The molecule has 3 aromatic carbocycles. The Morgan fingerprint density at radius 3 is 2.53 bits per heavy atom. The average Bonchev–Trinajstić information content (AvgIpc) is 2.86. The maximum absolute atomic E-state index is 12.6. The van der Waals surface area contributed by atoms with Gasteiger partial charge in [0.25, 0.3) is 5.91 Å². The van der Waals surface area contributed by atoms with Gasteiger partial charge < -0.3 is 14.2 Å². The molecular formula is C25H22BrN3O7. The molecule has 10 nitrogen and oxygen atoms in total. The number of ether oxygens (including phenoxy) is 3. The summed E-state index contributed by atoms with van der Waals surface area (Å²) in [6, 6.07) is 17.2. The summed E-state index contributed by atoms with van der Waals surface area (Å²) in [6.45, 7) is 3.81. The van der Waals surface area contributed by atoms with Crippen LogP contribution in [-0.4, -0.2) is 35.7 Å². The number of nitro groups is 1. The number of amides is 1.